The lowest BCUT2D eigenvalue weighted by molar-refractivity contribution is -0.137. The molecule has 0 saturated heterocycles. The summed E-state index contributed by atoms with van der Waals surface area (Å²) in [6, 6.07) is 19.5. The first kappa shape index (κ1) is 14.8. The summed E-state index contributed by atoms with van der Waals surface area (Å²) in [5.74, 6) is -0.825. The van der Waals surface area contributed by atoms with E-state index in [1.165, 1.54) is 0 Å². The van der Waals surface area contributed by atoms with Gasteiger partial charge in [-0.3, -0.25) is 4.79 Å². The molecule has 0 fully saturated rings. The highest BCUT2D eigenvalue weighted by Gasteiger charge is 2.07. The van der Waals surface area contributed by atoms with E-state index in [4.69, 9.17) is 9.94 Å². The van der Waals surface area contributed by atoms with Crippen molar-refractivity contribution in [3.05, 3.63) is 71.8 Å². The highest BCUT2D eigenvalue weighted by molar-refractivity contribution is 6.12. The SMILES string of the molecule is O=C(O)CCCON=C(c1ccccc1)c1ccccc1. The number of aliphatic carboxylic acids is 1. The Balaban J connectivity index is 2.11. The predicted octanol–water partition coefficient (Wildman–Crippen LogP) is 3.32. The normalized spacial score (nSPS) is 9.90. The molecule has 0 amide bonds. The van der Waals surface area contributed by atoms with Gasteiger partial charge in [0.15, 0.2) is 0 Å². The highest BCUT2D eigenvalue weighted by Crippen LogP contribution is 2.11. The molecule has 2 rings (SSSR count). The van der Waals surface area contributed by atoms with Crippen molar-refractivity contribution < 1.29 is 14.7 Å². The molecule has 0 radical (unpaired) electrons. The van der Waals surface area contributed by atoms with Crippen LogP contribution in [-0.2, 0) is 9.63 Å². The summed E-state index contributed by atoms with van der Waals surface area (Å²) in [7, 11) is 0. The predicted molar refractivity (Wildman–Crippen MR) is 81.3 cm³/mol. The fourth-order valence-corrected chi connectivity index (χ4v) is 1.86. The summed E-state index contributed by atoms with van der Waals surface area (Å²) in [5.41, 5.74) is 2.66. The molecule has 108 valence electrons. The lowest BCUT2D eigenvalue weighted by atomic mass is 10.0. The maximum atomic E-state index is 10.4. The van der Waals surface area contributed by atoms with Crippen molar-refractivity contribution >= 4 is 11.7 Å². The summed E-state index contributed by atoms with van der Waals surface area (Å²) < 4.78 is 0. The van der Waals surface area contributed by atoms with Crippen LogP contribution in [0.5, 0.6) is 0 Å². The van der Waals surface area contributed by atoms with Crippen LogP contribution in [0.4, 0.5) is 0 Å². The fraction of sp³-hybridized carbons (Fsp3) is 0.176. The molecule has 0 aromatic heterocycles. The number of nitrogens with zero attached hydrogens (tertiary/aromatic N) is 1. The number of carboxylic acids is 1. The number of benzene rings is 2. The minimum Gasteiger partial charge on any atom is -0.481 e. The standard InChI is InChI=1S/C17H17NO3/c19-16(20)12-7-13-21-18-17(14-8-3-1-4-9-14)15-10-5-2-6-11-15/h1-6,8-11H,7,12-13H2,(H,19,20). The van der Waals surface area contributed by atoms with Crippen molar-refractivity contribution in [2.24, 2.45) is 5.16 Å². The number of oxime groups is 1. The van der Waals surface area contributed by atoms with Gasteiger partial charge in [0, 0.05) is 17.5 Å². The van der Waals surface area contributed by atoms with E-state index >= 15 is 0 Å². The van der Waals surface area contributed by atoms with Gasteiger partial charge in [0.25, 0.3) is 0 Å². The third kappa shape index (κ3) is 4.76. The summed E-state index contributed by atoms with van der Waals surface area (Å²) in [6.45, 7) is 0.287. The molecular weight excluding hydrogens is 266 g/mol. The smallest absolute Gasteiger partial charge is 0.303 e. The van der Waals surface area contributed by atoms with Gasteiger partial charge in [0.05, 0.1) is 0 Å². The molecule has 0 saturated carbocycles. The molecule has 0 heterocycles. The van der Waals surface area contributed by atoms with Gasteiger partial charge < -0.3 is 9.94 Å². The summed E-state index contributed by atoms with van der Waals surface area (Å²) in [6.07, 6.45) is 0.525. The van der Waals surface area contributed by atoms with E-state index in [2.05, 4.69) is 5.16 Å². The van der Waals surface area contributed by atoms with Crippen LogP contribution >= 0.6 is 0 Å². The molecule has 21 heavy (non-hydrogen) atoms. The highest BCUT2D eigenvalue weighted by atomic mass is 16.6. The Hall–Kier alpha value is -2.62. The molecule has 0 bridgehead atoms. The van der Waals surface area contributed by atoms with Crippen LogP contribution in [0, 0.1) is 0 Å². The second-order valence-electron chi connectivity index (χ2n) is 4.50. The van der Waals surface area contributed by atoms with Gasteiger partial charge in [-0.15, -0.1) is 0 Å². The number of hydrogen-bond donors (Lipinski definition) is 1. The third-order valence-corrected chi connectivity index (χ3v) is 2.88. The van der Waals surface area contributed by atoms with Gasteiger partial charge in [-0.25, -0.2) is 0 Å². The van der Waals surface area contributed by atoms with Gasteiger partial charge in [-0.2, -0.15) is 0 Å². The Morgan fingerprint density at radius 3 is 1.95 bits per heavy atom. The summed E-state index contributed by atoms with van der Waals surface area (Å²) >= 11 is 0. The van der Waals surface area contributed by atoms with Crippen LogP contribution < -0.4 is 0 Å². The third-order valence-electron chi connectivity index (χ3n) is 2.88. The zero-order valence-electron chi connectivity index (χ0n) is 11.6. The van der Waals surface area contributed by atoms with Crippen LogP contribution in [0.2, 0.25) is 0 Å². The summed E-state index contributed by atoms with van der Waals surface area (Å²) in [5, 5.41) is 12.8. The molecule has 0 spiro atoms. The first-order chi connectivity index (χ1) is 10.3. The quantitative estimate of drug-likeness (QED) is 0.482. The van der Waals surface area contributed by atoms with Crippen LogP contribution in [0.15, 0.2) is 65.8 Å². The average molecular weight is 283 g/mol. The lowest BCUT2D eigenvalue weighted by Gasteiger charge is -2.07. The fourth-order valence-electron chi connectivity index (χ4n) is 1.86. The van der Waals surface area contributed by atoms with E-state index in [0.717, 1.165) is 16.8 Å². The Kier molecular flexibility index (Phi) is 5.52. The number of carbonyl (C=O) groups is 1. The van der Waals surface area contributed by atoms with E-state index in [-0.39, 0.29) is 13.0 Å². The van der Waals surface area contributed by atoms with E-state index in [1.54, 1.807) is 0 Å². The lowest BCUT2D eigenvalue weighted by Crippen LogP contribution is -2.05. The zero-order chi connectivity index (χ0) is 14.9. The largest absolute Gasteiger partial charge is 0.481 e. The first-order valence-corrected chi connectivity index (χ1v) is 6.80. The second-order valence-corrected chi connectivity index (χ2v) is 4.50. The van der Waals surface area contributed by atoms with Crippen LogP contribution in [0.3, 0.4) is 0 Å². The Morgan fingerprint density at radius 1 is 0.952 bits per heavy atom. The maximum absolute atomic E-state index is 10.4. The number of hydrogen-bond acceptors (Lipinski definition) is 3. The van der Waals surface area contributed by atoms with E-state index in [9.17, 15) is 4.79 Å². The molecule has 2 aromatic carbocycles. The summed E-state index contributed by atoms with van der Waals surface area (Å²) in [4.78, 5) is 15.7. The Labute approximate surface area is 123 Å². The molecule has 0 aliphatic heterocycles. The second kappa shape index (κ2) is 7.85. The molecule has 2 aromatic rings. The van der Waals surface area contributed by atoms with Crippen molar-refractivity contribution in [3.8, 4) is 0 Å². The van der Waals surface area contributed by atoms with E-state index in [0.29, 0.717) is 6.42 Å². The van der Waals surface area contributed by atoms with Crippen molar-refractivity contribution in [1.82, 2.24) is 0 Å². The van der Waals surface area contributed by atoms with Crippen molar-refractivity contribution in [2.75, 3.05) is 6.61 Å². The van der Waals surface area contributed by atoms with Gasteiger partial charge >= 0.3 is 5.97 Å². The van der Waals surface area contributed by atoms with Crippen LogP contribution in [0.1, 0.15) is 24.0 Å². The molecule has 1 N–H and O–H groups in total. The van der Waals surface area contributed by atoms with Gasteiger partial charge in [0.1, 0.15) is 12.3 Å². The zero-order valence-corrected chi connectivity index (χ0v) is 11.6. The molecule has 0 aliphatic rings. The van der Waals surface area contributed by atoms with Crippen LogP contribution in [-0.4, -0.2) is 23.4 Å². The minimum atomic E-state index is -0.825. The van der Waals surface area contributed by atoms with E-state index < -0.39 is 5.97 Å². The van der Waals surface area contributed by atoms with Gasteiger partial charge in [-0.05, 0) is 6.42 Å². The first-order valence-electron chi connectivity index (χ1n) is 6.80. The van der Waals surface area contributed by atoms with Crippen molar-refractivity contribution in [3.63, 3.8) is 0 Å². The Morgan fingerprint density at radius 2 is 1.48 bits per heavy atom. The van der Waals surface area contributed by atoms with Crippen molar-refractivity contribution in [1.29, 1.82) is 0 Å². The Bertz CT molecular complexity index is 552. The van der Waals surface area contributed by atoms with Crippen LogP contribution in [0.25, 0.3) is 0 Å². The molecule has 0 unspecified atom stereocenters. The van der Waals surface area contributed by atoms with Crippen molar-refractivity contribution in [2.45, 2.75) is 12.8 Å². The van der Waals surface area contributed by atoms with Gasteiger partial charge in [0.2, 0.25) is 0 Å². The molecular formula is C17H17NO3. The maximum Gasteiger partial charge on any atom is 0.303 e. The molecule has 4 heteroatoms. The van der Waals surface area contributed by atoms with E-state index in [1.807, 2.05) is 60.7 Å². The monoisotopic (exact) mass is 283 g/mol. The molecule has 0 atom stereocenters. The van der Waals surface area contributed by atoms with Gasteiger partial charge in [-0.1, -0.05) is 65.8 Å². The minimum absolute atomic E-state index is 0.0848. The average Bonchev–Trinajstić information content (AvgIpc) is 2.52. The topological polar surface area (TPSA) is 58.9 Å². The number of rotatable bonds is 7. The molecule has 4 nitrogen and oxygen atoms in total. The molecule has 0 aliphatic carbocycles. The number of carboxylic acid groups (broad SMARTS) is 1.